The van der Waals surface area contributed by atoms with Gasteiger partial charge in [0.1, 0.15) is 0 Å². The Hall–Kier alpha value is -1.33. The van der Waals surface area contributed by atoms with Crippen LogP contribution in [0.25, 0.3) is 0 Å². The van der Waals surface area contributed by atoms with Crippen LogP contribution in [0.3, 0.4) is 0 Å². The van der Waals surface area contributed by atoms with Gasteiger partial charge in [-0.3, -0.25) is 4.79 Å². The van der Waals surface area contributed by atoms with E-state index in [1.807, 2.05) is 22.4 Å². The van der Waals surface area contributed by atoms with Crippen LogP contribution in [0.15, 0.2) is 46.3 Å². The predicted octanol–water partition coefficient (Wildman–Crippen LogP) is 3.40. The van der Waals surface area contributed by atoms with E-state index in [1.54, 1.807) is 11.3 Å². The molecule has 2 heterocycles. The van der Waals surface area contributed by atoms with Crippen molar-refractivity contribution in [3.8, 4) is 0 Å². The van der Waals surface area contributed by atoms with Crippen LogP contribution in [-0.4, -0.2) is 37.0 Å². The zero-order valence-electron chi connectivity index (χ0n) is 11.7. The van der Waals surface area contributed by atoms with Gasteiger partial charge in [0.05, 0.1) is 6.42 Å². The summed E-state index contributed by atoms with van der Waals surface area (Å²) in [6.45, 7) is 3.41. The van der Waals surface area contributed by atoms with E-state index in [9.17, 15) is 4.79 Å². The minimum Gasteiger partial charge on any atom is -0.368 e. The van der Waals surface area contributed by atoms with Gasteiger partial charge in [0, 0.05) is 41.2 Å². The molecular formula is C16H17BrN2OS. The van der Waals surface area contributed by atoms with E-state index in [4.69, 9.17) is 0 Å². The van der Waals surface area contributed by atoms with Crippen molar-refractivity contribution in [2.75, 3.05) is 31.1 Å². The van der Waals surface area contributed by atoms with Crippen molar-refractivity contribution in [2.24, 2.45) is 0 Å². The van der Waals surface area contributed by atoms with E-state index in [1.165, 1.54) is 5.69 Å². The molecule has 3 nitrogen and oxygen atoms in total. The molecule has 110 valence electrons. The highest BCUT2D eigenvalue weighted by Gasteiger charge is 2.21. The third-order valence-corrected chi connectivity index (χ3v) is 5.13. The predicted molar refractivity (Wildman–Crippen MR) is 91.0 cm³/mol. The molecule has 1 aromatic heterocycles. The van der Waals surface area contributed by atoms with Crippen LogP contribution in [-0.2, 0) is 11.2 Å². The molecule has 1 aromatic carbocycles. The maximum atomic E-state index is 12.3. The molecule has 0 atom stereocenters. The Morgan fingerprint density at radius 2 is 1.81 bits per heavy atom. The highest BCUT2D eigenvalue weighted by Crippen LogP contribution is 2.20. The zero-order valence-corrected chi connectivity index (χ0v) is 14.1. The topological polar surface area (TPSA) is 23.6 Å². The Morgan fingerprint density at radius 3 is 2.43 bits per heavy atom. The van der Waals surface area contributed by atoms with Gasteiger partial charge in [-0.25, -0.2) is 0 Å². The van der Waals surface area contributed by atoms with Gasteiger partial charge in [0.25, 0.3) is 0 Å². The maximum absolute atomic E-state index is 12.3. The van der Waals surface area contributed by atoms with Gasteiger partial charge >= 0.3 is 0 Å². The smallest absolute Gasteiger partial charge is 0.227 e. The second-order valence-electron chi connectivity index (χ2n) is 5.10. The monoisotopic (exact) mass is 364 g/mol. The maximum Gasteiger partial charge on any atom is 0.227 e. The minimum atomic E-state index is 0.243. The van der Waals surface area contributed by atoms with Crippen molar-refractivity contribution in [3.05, 3.63) is 51.1 Å². The number of hydrogen-bond donors (Lipinski definition) is 0. The number of anilines is 1. The Morgan fingerprint density at radius 1 is 1.10 bits per heavy atom. The van der Waals surface area contributed by atoms with E-state index in [-0.39, 0.29) is 5.91 Å². The molecule has 0 radical (unpaired) electrons. The first kappa shape index (κ1) is 14.6. The molecule has 1 amide bonds. The normalized spacial score (nSPS) is 15.3. The van der Waals surface area contributed by atoms with Gasteiger partial charge in [-0.1, -0.05) is 22.0 Å². The second-order valence-corrected chi connectivity index (χ2v) is 7.05. The van der Waals surface area contributed by atoms with Crippen molar-refractivity contribution in [1.29, 1.82) is 0 Å². The zero-order chi connectivity index (χ0) is 14.7. The first-order chi connectivity index (χ1) is 10.2. The molecule has 0 saturated carbocycles. The summed E-state index contributed by atoms with van der Waals surface area (Å²) < 4.78 is 1.09. The third-order valence-electron chi connectivity index (χ3n) is 3.73. The average Bonchev–Trinajstić information content (AvgIpc) is 3.01. The number of amides is 1. The first-order valence-corrected chi connectivity index (χ1v) is 8.70. The highest BCUT2D eigenvalue weighted by molar-refractivity contribution is 9.10. The second kappa shape index (κ2) is 6.62. The van der Waals surface area contributed by atoms with E-state index in [2.05, 4.69) is 45.1 Å². The Labute approximate surface area is 137 Å². The number of carbonyl (C=O) groups is 1. The summed E-state index contributed by atoms with van der Waals surface area (Å²) in [5.74, 6) is 0.243. The fourth-order valence-electron chi connectivity index (χ4n) is 2.54. The molecule has 3 rings (SSSR count). The van der Waals surface area contributed by atoms with Gasteiger partial charge in [-0.15, -0.1) is 11.3 Å². The molecule has 0 N–H and O–H groups in total. The van der Waals surface area contributed by atoms with Gasteiger partial charge in [-0.2, -0.15) is 0 Å². The summed E-state index contributed by atoms with van der Waals surface area (Å²) in [7, 11) is 0. The molecule has 1 saturated heterocycles. The molecule has 0 aliphatic carbocycles. The number of piperazine rings is 1. The average molecular weight is 365 g/mol. The fourth-order valence-corrected chi connectivity index (χ4v) is 3.50. The van der Waals surface area contributed by atoms with E-state index >= 15 is 0 Å². The lowest BCUT2D eigenvalue weighted by atomic mass is 10.2. The van der Waals surface area contributed by atoms with Gasteiger partial charge in [0.15, 0.2) is 0 Å². The summed E-state index contributed by atoms with van der Waals surface area (Å²) in [6, 6.07) is 12.4. The largest absolute Gasteiger partial charge is 0.368 e. The molecule has 0 unspecified atom stereocenters. The number of rotatable bonds is 3. The number of benzene rings is 1. The van der Waals surface area contributed by atoms with Crippen molar-refractivity contribution < 1.29 is 4.79 Å². The van der Waals surface area contributed by atoms with Crippen molar-refractivity contribution >= 4 is 38.9 Å². The molecule has 0 bridgehead atoms. The fraction of sp³-hybridized carbons (Fsp3) is 0.312. The number of carbonyl (C=O) groups excluding carboxylic acids is 1. The SMILES string of the molecule is O=C(Cc1cccs1)N1CCN(c2ccc(Br)cc2)CC1. The summed E-state index contributed by atoms with van der Waals surface area (Å²) >= 11 is 5.11. The molecule has 0 spiro atoms. The van der Waals surface area contributed by atoms with E-state index in [0.717, 1.165) is 35.5 Å². The van der Waals surface area contributed by atoms with Crippen molar-refractivity contribution in [2.45, 2.75) is 6.42 Å². The number of halogens is 1. The molecular weight excluding hydrogens is 348 g/mol. The quantitative estimate of drug-likeness (QED) is 0.833. The molecule has 1 fully saturated rings. The molecule has 2 aromatic rings. The van der Waals surface area contributed by atoms with Gasteiger partial charge < -0.3 is 9.80 Å². The van der Waals surface area contributed by atoms with Crippen molar-refractivity contribution in [3.63, 3.8) is 0 Å². The third kappa shape index (κ3) is 3.66. The lowest BCUT2D eigenvalue weighted by Crippen LogP contribution is -2.49. The van der Waals surface area contributed by atoms with E-state index in [0.29, 0.717) is 6.42 Å². The van der Waals surface area contributed by atoms with E-state index < -0.39 is 0 Å². The highest BCUT2D eigenvalue weighted by atomic mass is 79.9. The lowest BCUT2D eigenvalue weighted by molar-refractivity contribution is -0.130. The Balaban J connectivity index is 1.55. The minimum absolute atomic E-state index is 0.243. The molecule has 1 aliphatic rings. The van der Waals surface area contributed by atoms with Gasteiger partial charge in [0.2, 0.25) is 5.91 Å². The Bertz CT molecular complexity index is 589. The summed E-state index contributed by atoms with van der Waals surface area (Å²) in [4.78, 5) is 17.7. The van der Waals surface area contributed by atoms with Crippen molar-refractivity contribution in [1.82, 2.24) is 4.90 Å². The summed E-state index contributed by atoms with van der Waals surface area (Å²) in [5.41, 5.74) is 1.23. The number of nitrogens with zero attached hydrogens (tertiary/aromatic N) is 2. The van der Waals surface area contributed by atoms with Crippen LogP contribution >= 0.6 is 27.3 Å². The molecule has 21 heavy (non-hydrogen) atoms. The Kier molecular flexibility index (Phi) is 4.60. The number of thiophene rings is 1. The van der Waals surface area contributed by atoms with Crippen LogP contribution < -0.4 is 4.90 Å². The van der Waals surface area contributed by atoms with Crippen LogP contribution in [0.1, 0.15) is 4.88 Å². The van der Waals surface area contributed by atoms with Crippen LogP contribution in [0.4, 0.5) is 5.69 Å². The molecule has 5 heteroatoms. The standard InChI is InChI=1S/C16H17BrN2OS/c17-13-3-5-14(6-4-13)18-7-9-19(10-8-18)16(20)12-15-2-1-11-21-15/h1-6,11H,7-10,12H2. The van der Waals surface area contributed by atoms with Crippen LogP contribution in [0, 0.1) is 0 Å². The summed E-state index contributed by atoms with van der Waals surface area (Å²) in [5, 5.41) is 2.02. The first-order valence-electron chi connectivity index (χ1n) is 7.03. The van der Waals surface area contributed by atoms with Crippen LogP contribution in [0.2, 0.25) is 0 Å². The number of hydrogen-bond acceptors (Lipinski definition) is 3. The molecule has 1 aliphatic heterocycles. The summed E-state index contributed by atoms with van der Waals surface area (Å²) in [6.07, 6.45) is 0.538. The van der Waals surface area contributed by atoms with Crippen LogP contribution in [0.5, 0.6) is 0 Å². The lowest BCUT2D eigenvalue weighted by Gasteiger charge is -2.36. The van der Waals surface area contributed by atoms with Gasteiger partial charge in [-0.05, 0) is 35.7 Å².